The zero-order valence-corrected chi connectivity index (χ0v) is 21.8. The Labute approximate surface area is 219 Å². The first kappa shape index (κ1) is 23.2. The van der Waals surface area contributed by atoms with E-state index in [-0.39, 0.29) is 11.2 Å². The minimum Gasteiger partial charge on any atom is -0.381 e. The van der Waals surface area contributed by atoms with Crippen molar-refractivity contribution in [3.05, 3.63) is 69.3 Å². The van der Waals surface area contributed by atoms with Crippen LogP contribution >= 0.6 is 0 Å². The number of Topliss-reactive ketones (excluding diaryl/α,β-unsaturated/α-hetero) is 1. The van der Waals surface area contributed by atoms with Crippen LogP contribution in [-0.2, 0) is 23.0 Å². The number of aryl methyl sites for hydroxylation is 1. The second-order valence-corrected chi connectivity index (χ2v) is 11.5. The molecule has 3 aliphatic carbocycles. The minimum absolute atomic E-state index is 0.168. The Morgan fingerprint density at radius 2 is 1.84 bits per heavy atom. The topological polar surface area (TPSA) is 56.6 Å². The average Bonchev–Trinajstić information content (AvgIpc) is 3.31. The van der Waals surface area contributed by atoms with Gasteiger partial charge in [-0.15, -0.1) is 0 Å². The molecule has 3 fully saturated rings. The number of carbonyl (C=O) groups is 1. The van der Waals surface area contributed by atoms with E-state index >= 15 is 0 Å². The van der Waals surface area contributed by atoms with Gasteiger partial charge in [-0.2, -0.15) is 5.26 Å². The number of rotatable bonds is 3. The van der Waals surface area contributed by atoms with Crippen LogP contribution in [0.15, 0.2) is 35.9 Å². The van der Waals surface area contributed by atoms with Crippen molar-refractivity contribution in [2.75, 3.05) is 44.3 Å². The number of fused-ring (bicyclic) bond motifs is 5. The highest BCUT2D eigenvalue weighted by atomic mass is 16.5. The zero-order valence-electron chi connectivity index (χ0n) is 21.8. The standard InChI is InChI=1S/C32H35N3O2/c1-2-22-17-26-27(19-29(22)35-12-10-34(11-13-35)24-4-3-5-24)32(8-14-37-15-9-32)28-18-23-16-21(20-33)6-7-25(23)30(28)31(26)36/h6-7,16-17,19,24H,2-5,8-15,18H2,1H3. The molecule has 2 aromatic carbocycles. The van der Waals surface area contributed by atoms with Gasteiger partial charge in [0.2, 0.25) is 0 Å². The normalized spacial score (nSPS) is 22.9. The molecule has 7 rings (SSSR count). The number of piperazine rings is 1. The number of ketones is 1. The summed E-state index contributed by atoms with van der Waals surface area (Å²) in [6.45, 7) is 8.03. The number of benzene rings is 2. The highest BCUT2D eigenvalue weighted by Crippen LogP contribution is 2.55. The molecule has 2 aromatic rings. The Hall–Kier alpha value is -2.94. The van der Waals surface area contributed by atoms with E-state index in [1.807, 2.05) is 18.2 Å². The van der Waals surface area contributed by atoms with Crippen molar-refractivity contribution in [2.45, 2.75) is 63.3 Å². The fourth-order valence-corrected chi connectivity index (χ4v) is 7.63. The highest BCUT2D eigenvalue weighted by molar-refractivity contribution is 6.33. The van der Waals surface area contributed by atoms with Gasteiger partial charge in [-0.25, -0.2) is 0 Å². The summed E-state index contributed by atoms with van der Waals surface area (Å²) in [5.41, 5.74) is 9.56. The molecule has 5 heteroatoms. The van der Waals surface area contributed by atoms with Crippen molar-refractivity contribution in [3.8, 4) is 6.07 Å². The van der Waals surface area contributed by atoms with Crippen molar-refractivity contribution in [1.82, 2.24) is 4.90 Å². The second kappa shape index (κ2) is 8.82. The van der Waals surface area contributed by atoms with Crippen molar-refractivity contribution < 1.29 is 9.53 Å². The molecule has 190 valence electrons. The highest BCUT2D eigenvalue weighted by Gasteiger charge is 2.49. The lowest BCUT2D eigenvalue weighted by atomic mass is 9.62. The van der Waals surface area contributed by atoms with Crippen molar-refractivity contribution in [2.24, 2.45) is 0 Å². The Kier molecular flexibility index (Phi) is 5.53. The fraction of sp³-hybridized carbons (Fsp3) is 0.500. The molecule has 2 saturated heterocycles. The molecule has 0 radical (unpaired) electrons. The number of nitriles is 1. The first-order valence-corrected chi connectivity index (χ1v) is 14.2. The summed E-state index contributed by atoms with van der Waals surface area (Å²) in [4.78, 5) is 19.5. The van der Waals surface area contributed by atoms with Gasteiger partial charge in [0.15, 0.2) is 5.78 Å². The molecule has 0 atom stereocenters. The van der Waals surface area contributed by atoms with Crippen molar-refractivity contribution >= 4 is 17.0 Å². The van der Waals surface area contributed by atoms with Gasteiger partial charge >= 0.3 is 0 Å². The predicted molar refractivity (Wildman–Crippen MR) is 145 cm³/mol. The second-order valence-electron chi connectivity index (χ2n) is 11.5. The van der Waals surface area contributed by atoms with E-state index in [0.29, 0.717) is 5.56 Å². The van der Waals surface area contributed by atoms with Crippen molar-refractivity contribution in [1.29, 1.82) is 5.26 Å². The number of anilines is 1. The third-order valence-electron chi connectivity index (χ3n) is 9.93. The molecule has 0 N–H and O–H groups in total. The van der Waals surface area contributed by atoms with Crippen LogP contribution < -0.4 is 4.90 Å². The average molecular weight is 494 g/mol. The van der Waals surface area contributed by atoms with E-state index in [4.69, 9.17) is 4.74 Å². The van der Waals surface area contributed by atoms with E-state index in [9.17, 15) is 10.1 Å². The largest absolute Gasteiger partial charge is 0.381 e. The van der Waals surface area contributed by atoms with Gasteiger partial charge in [0, 0.05) is 67.7 Å². The van der Waals surface area contributed by atoms with E-state index in [1.54, 1.807) is 0 Å². The molecule has 0 bridgehead atoms. The third kappa shape index (κ3) is 3.46. The molecule has 5 nitrogen and oxygen atoms in total. The molecule has 1 spiro atoms. The molecule has 37 heavy (non-hydrogen) atoms. The number of ether oxygens (including phenoxy) is 1. The van der Waals surface area contributed by atoms with E-state index in [2.05, 4.69) is 34.9 Å². The lowest BCUT2D eigenvalue weighted by Crippen LogP contribution is -2.52. The maximum Gasteiger partial charge on any atom is 0.193 e. The lowest BCUT2D eigenvalue weighted by Gasteiger charge is -2.46. The lowest BCUT2D eigenvalue weighted by molar-refractivity contribution is 0.0603. The van der Waals surface area contributed by atoms with Gasteiger partial charge in [0.25, 0.3) is 0 Å². The van der Waals surface area contributed by atoms with E-state index in [0.717, 1.165) is 93.4 Å². The maximum absolute atomic E-state index is 14.2. The van der Waals surface area contributed by atoms with Crippen LogP contribution in [0.1, 0.15) is 77.2 Å². The molecular weight excluding hydrogens is 458 g/mol. The Morgan fingerprint density at radius 1 is 1.05 bits per heavy atom. The van der Waals surface area contributed by atoms with Gasteiger partial charge in [0.05, 0.1) is 11.6 Å². The quantitative estimate of drug-likeness (QED) is 0.599. The summed E-state index contributed by atoms with van der Waals surface area (Å²) in [6.07, 6.45) is 7.61. The third-order valence-corrected chi connectivity index (χ3v) is 9.93. The van der Waals surface area contributed by atoms with Crippen LogP contribution in [0.5, 0.6) is 0 Å². The molecule has 0 aromatic heterocycles. The summed E-state index contributed by atoms with van der Waals surface area (Å²) in [6, 6.07) is 13.6. The Balaban J connectivity index is 1.32. The molecule has 1 saturated carbocycles. The molecule has 0 amide bonds. The molecule has 5 aliphatic rings. The number of carbonyl (C=O) groups excluding carboxylic acids is 1. The first-order chi connectivity index (χ1) is 18.1. The predicted octanol–water partition coefficient (Wildman–Crippen LogP) is 5.05. The molecule has 0 unspecified atom stereocenters. The fourth-order valence-electron chi connectivity index (χ4n) is 7.63. The first-order valence-electron chi connectivity index (χ1n) is 14.2. The SMILES string of the molecule is CCc1cc2c(cc1N1CCN(C3CCC3)CC1)C1(CCOCC1)C1=C(C2=O)c2ccc(C#N)cc2C1. The van der Waals surface area contributed by atoms with Crippen LogP contribution in [0.3, 0.4) is 0 Å². The molecule has 2 heterocycles. The van der Waals surface area contributed by atoms with Gasteiger partial charge < -0.3 is 9.64 Å². The van der Waals surface area contributed by atoms with Crippen LogP contribution in [0.4, 0.5) is 5.69 Å². The molecular formula is C32H35N3O2. The number of nitrogens with zero attached hydrogens (tertiary/aromatic N) is 3. The summed E-state index contributed by atoms with van der Waals surface area (Å²) >= 11 is 0. The van der Waals surface area contributed by atoms with Crippen molar-refractivity contribution in [3.63, 3.8) is 0 Å². The summed E-state index contributed by atoms with van der Waals surface area (Å²) < 4.78 is 5.88. The van der Waals surface area contributed by atoms with Crippen LogP contribution in [0.25, 0.3) is 5.57 Å². The zero-order chi connectivity index (χ0) is 25.1. The number of allylic oxidation sites excluding steroid dienone is 2. The van der Waals surface area contributed by atoms with Gasteiger partial charge in [-0.3, -0.25) is 9.69 Å². The van der Waals surface area contributed by atoms with Gasteiger partial charge in [0.1, 0.15) is 0 Å². The van der Waals surface area contributed by atoms with E-state index < -0.39 is 0 Å². The maximum atomic E-state index is 14.2. The van der Waals surface area contributed by atoms with E-state index in [1.165, 1.54) is 41.6 Å². The monoisotopic (exact) mass is 493 g/mol. The van der Waals surface area contributed by atoms with Crippen LogP contribution in [-0.4, -0.2) is 56.1 Å². The summed E-state index contributed by atoms with van der Waals surface area (Å²) in [5, 5.41) is 9.48. The van der Waals surface area contributed by atoms with Gasteiger partial charge in [-0.05, 0) is 90.6 Å². The van der Waals surface area contributed by atoms with Crippen LogP contribution in [0.2, 0.25) is 0 Å². The Morgan fingerprint density at radius 3 is 2.51 bits per heavy atom. The Bertz CT molecular complexity index is 1350. The number of hydrogen-bond acceptors (Lipinski definition) is 5. The van der Waals surface area contributed by atoms with Crippen LogP contribution in [0, 0.1) is 11.3 Å². The number of hydrogen-bond donors (Lipinski definition) is 0. The summed E-state index contributed by atoms with van der Waals surface area (Å²) in [5.74, 6) is 0.168. The van der Waals surface area contributed by atoms with Gasteiger partial charge in [-0.1, -0.05) is 19.4 Å². The minimum atomic E-state index is -0.169. The summed E-state index contributed by atoms with van der Waals surface area (Å²) in [7, 11) is 0. The molecule has 2 aliphatic heterocycles. The smallest absolute Gasteiger partial charge is 0.193 e.